The van der Waals surface area contributed by atoms with Crippen molar-refractivity contribution in [3.8, 4) is 11.1 Å². The van der Waals surface area contributed by atoms with Crippen molar-refractivity contribution in [1.82, 2.24) is 4.72 Å². The summed E-state index contributed by atoms with van der Waals surface area (Å²) in [7, 11) is 0. The third-order valence-electron chi connectivity index (χ3n) is 5.73. The van der Waals surface area contributed by atoms with Crippen molar-refractivity contribution in [2.24, 2.45) is 5.92 Å². The Hall–Kier alpha value is -3.12. The second-order valence-electron chi connectivity index (χ2n) is 8.68. The molecule has 0 fully saturated rings. The summed E-state index contributed by atoms with van der Waals surface area (Å²) in [6.45, 7) is 4.94. The van der Waals surface area contributed by atoms with Crippen molar-refractivity contribution in [1.29, 1.82) is 0 Å². The molecular weight excluding hydrogens is 442 g/mol. The molecule has 0 heterocycles. The molecule has 0 radical (unpaired) electrons. The zero-order valence-electron chi connectivity index (χ0n) is 19.4. The number of ether oxygens (including phenoxy) is 1. The van der Waals surface area contributed by atoms with Gasteiger partial charge in [-0.2, -0.15) is 0 Å². The highest BCUT2D eigenvalue weighted by molar-refractivity contribution is 7.97. The molecule has 0 amide bonds. The molecule has 2 N–H and O–H groups in total. The highest BCUT2D eigenvalue weighted by atomic mass is 32.2. The summed E-state index contributed by atoms with van der Waals surface area (Å²) in [5.41, 5.74) is 4.56. The lowest BCUT2D eigenvalue weighted by molar-refractivity contribution is -0.139. The minimum absolute atomic E-state index is 0.0133. The maximum Gasteiger partial charge on any atom is 0.321 e. The molecule has 0 aliphatic carbocycles. The topological polar surface area (TPSA) is 58.6 Å². The van der Waals surface area contributed by atoms with E-state index >= 15 is 0 Å². The predicted molar refractivity (Wildman–Crippen MR) is 140 cm³/mol. The summed E-state index contributed by atoms with van der Waals surface area (Å²) in [5.74, 6) is -0.820. The van der Waals surface area contributed by atoms with E-state index in [0.29, 0.717) is 13.2 Å². The third kappa shape index (κ3) is 6.26. The maximum absolute atomic E-state index is 11.3. The van der Waals surface area contributed by atoms with Crippen LogP contribution in [-0.4, -0.2) is 17.1 Å². The monoisotopic (exact) mass is 471 g/mol. The Morgan fingerprint density at radius 1 is 0.824 bits per heavy atom. The molecule has 5 heteroatoms. The summed E-state index contributed by atoms with van der Waals surface area (Å²) < 4.78 is 8.99. The predicted octanol–water partition coefficient (Wildman–Crippen LogP) is 6.93. The normalized spacial score (nSPS) is 12.2. The first-order valence-electron chi connectivity index (χ1n) is 11.4. The lowest BCUT2D eigenvalue weighted by Gasteiger charge is -2.17. The summed E-state index contributed by atoms with van der Waals surface area (Å²) >= 11 is 1.35. The first kappa shape index (κ1) is 24.0. The van der Waals surface area contributed by atoms with Crippen LogP contribution in [-0.2, 0) is 22.7 Å². The Morgan fingerprint density at radius 3 is 2.06 bits per heavy atom. The number of carbonyl (C=O) groups is 1. The van der Waals surface area contributed by atoms with E-state index in [1.165, 1.54) is 28.3 Å². The SMILES string of the molecule is CC(C)C(NSc1ccc(-c2ccc(COCc3ccc4ccccc4c3)cc2)cc1)C(=O)O. The Bertz CT molecular complexity index is 1240. The largest absolute Gasteiger partial charge is 0.480 e. The van der Waals surface area contributed by atoms with Gasteiger partial charge >= 0.3 is 5.97 Å². The van der Waals surface area contributed by atoms with Crippen molar-refractivity contribution in [2.75, 3.05) is 0 Å². The zero-order valence-corrected chi connectivity index (χ0v) is 20.2. The van der Waals surface area contributed by atoms with Gasteiger partial charge in [-0.05, 0) is 69.1 Å². The summed E-state index contributed by atoms with van der Waals surface area (Å²) in [4.78, 5) is 12.3. The molecule has 1 unspecified atom stereocenters. The van der Waals surface area contributed by atoms with E-state index in [-0.39, 0.29) is 5.92 Å². The van der Waals surface area contributed by atoms with Crippen molar-refractivity contribution in [3.63, 3.8) is 0 Å². The summed E-state index contributed by atoms with van der Waals surface area (Å²) in [6, 6.07) is 30.7. The molecule has 4 aromatic rings. The Kier molecular flexibility index (Phi) is 8.01. The van der Waals surface area contributed by atoms with Crippen molar-refractivity contribution >= 4 is 28.7 Å². The van der Waals surface area contributed by atoms with Gasteiger partial charge in [0.05, 0.1) is 13.2 Å². The average molecular weight is 472 g/mol. The molecule has 0 saturated carbocycles. The number of aliphatic carboxylic acids is 1. The van der Waals surface area contributed by atoms with Gasteiger partial charge in [0.2, 0.25) is 0 Å². The number of nitrogens with one attached hydrogen (secondary N) is 1. The van der Waals surface area contributed by atoms with Crippen LogP contribution in [0.3, 0.4) is 0 Å². The smallest absolute Gasteiger partial charge is 0.321 e. The Balaban J connectivity index is 1.30. The minimum atomic E-state index is -0.833. The van der Waals surface area contributed by atoms with Gasteiger partial charge in [0.15, 0.2) is 0 Å². The Labute approximate surface area is 205 Å². The lowest BCUT2D eigenvalue weighted by Crippen LogP contribution is -2.36. The van der Waals surface area contributed by atoms with Crippen molar-refractivity contribution in [2.45, 2.75) is 38.0 Å². The van der Waals surface area contributed by atoms with Crippen LogP contribution in [0.25, 0.3) is 21.9 Å². The fraction of sp³-hybridized carbons (Fsp3) is 0.207. The van der Waals surface area contributed by atoms with Gasteiger partial charge in [-0.15, -0.1) is 0 Å². The average Bonchev–Trinajstić information content (AvgIpc) is 2.84. The van der Waals surface area contributed by atoms with Crippen LogP contribution in [0.1, 0.15) is 25.0 Å². The maximum atomic E-state index is 11.3. The molecular formula is C29H29NO3S. The van der Waals surface area contributed by atoms with Crippen LogP contribution in [0.15, 0.2) is 95.9 Å². The van der Waals surface area contributed by atoms with Gasteiger partial charge < -0.3 is 9.84 Å². The molecule has 0 bridgehead atoms. The molecule has 0 aliphatic rings. The molecule has 1 atom stereocenters. The third-order valence-corrected chi connectivity index (χ3v) is 6.61. The van der Waals surface area contributed by atoms with Gasteiger partial charge in [-0.1, -0.05) is 86.6 Å². The van der Waals surface area contributed by atoms with Crippen LogP contribution >= 0.6 is 11.9 Å². The van der Waals surface area contributed by atoms with Crippen molar-refractivity contribution < 1.29 is 14.6 Å². The first-order valence-corrected chi connectivity index (χ1v) is 12.2. The number of rotatable bonds is 10. The van der Waals surface area contributed by atoms with Gasteiger partial charge in [0, 0.05) is 4.90 Å². The van der Waals surface area contributed by atoms with E-state index in [1.54, 1.807) is 0 Å². The molecule has 34 heavy (non-hydrogen) atoms. The fourth-order valence-corrected chi connectivity index (χ4v) is 4.64. The van der Waals surface area contributed by atoms with E-state index in [1.807, 2.05) is 26.0 Å². The highest BCUT2D eigenvalue weighted by Gasteiger charge is 2.20. The number of benzene rings is 4. The van der Waals surface area contributed by atoms with Crippen LogP contribution < -0.4 is 4.72 Å². The molecule has 0 aliphatic heterocycles. The second kappa shape index (κ2) is 11.3. The van der Waals surface area contributed by atoms with Crippen LogP contribution in [0.2, 0.25) is 0 Å². The van der Waals surface area contributed by atoms with Crippen molar-refractivity contribution in [3.05, 3.63) is 102 Å². The van der Waals surface area contributed by atoms with Crippen LogP contribution in [0, 0.1) is 5.92 Å². The standard InChI is InChI=1S/C29H29NO3S/c1-20(2)28(29(31)32)30-34-27-15-13-25(14-16-27)24-10-7-21(8-11-24)18-33-19-22-9-12-23-5-3-4-6-26(23)17-22/h3-17,20,28,30H,18-19H2,1-2H3,(H,31,32). The van der Waals surface area contributed by atoms with E-state index in [9.17, 15) is 9.90 Å². The van der Waals surface area contributed by atoms with E-state index in [0.717, 1.165) is 21.6 Å². The number of hydrogen-bond donors (Lipinski definition) is 2. The molecule has 0 aromatic heterocycles. The first-order chi connectivity index (χ1) is 16.5. The summed E-state index contributed by atoms with van der Waals surface area (Å²) in [5, 5.41) is 11.8. The summed E-state index contributed by atoms with van der Waals surface area (Å²) in [6.07, 6.45) is 0. The number of hydrogen-bond acceptors (Lipinski definition) is 4. The number of carboxylic acid groups (broad SMARTS) is 1. The molecule has 0 spiro atoms. The van der Waals surface area contributed by atoms with E-state index < -0.39 is 12.0 Å². The molecule has 174 valence electrons. The number of carboxylic acids is 1. The van der Waals surface area contributed by atoms with Crippen LogP contribution in [0.4, 0.5) is 0 Å². The molecule has 4 rings (SSSR count). The second-order valence-corrected chi connectivity index (χ2v) is 9.59. The van der Waals surface area contributed by atoms with Gasteiger partial charge in [-0.3, -0.25) is 4.79 Å². The van der Waals surface area contributed by atoms with E-state index in [4.69, 9.17) is 4.74 Å². The van der Waals surface area contributed by atoms with E-state index in [2.05, 4.69) is 83.6 Å². The lowest BCUT2D eigenvalue weighted by atomic mass is 10.0. The molecule has 4 aromatic carbocycles. The van der Waals surface area contributed by atoms with Crippen LogP contribution in [0.5, 0.6) is 0 Å². The van der Waals surface area contributed by atoms with Gasteiger partial charge in [0.1, 0.15) is 6.04 Å². The highest BCUT2D eigenvalue weighted by Crippen LogP contribution is 2.25. The zero-order chi connectivity index (χ0) is 23.9. The fourth-order valence-electron chi connectivity index (χ4n) is 3.73. The molecule has 0 saturated heterocycles. The minimum Gasteiger partial charge on any atom is -0.480 e. The number of fused-ring (bicyclic) bond motifs is 1. The Morgan fingerprint density at radius 2 is 1.41 bits per heavy atom. The molecule has 4 nitrogen and oxygen atoms in total. The van der Waals surface area contributed by atoms with Gasteiger partial charge in [0.25, 0.3) is 0 Å². The quantitative estimate of drug-likeness (QED) is 0.246. The van der Waals surface area contributed by atoms with Gasteiger partial charge in [-0.25, -0.2) is 4.72 Å².